The second-order valence-corrected chi connectivity index (χ2v) is 14.6. The fraction of sp³-hybridized carbons (Fsp3) is 0.106. The molecule has 0 fully saturated rings. The van der Waals surface area contributed by atoms with E-state index in [4.69, 9.17) is 0 Å². The minimum absolute atomic E-state index is 0.0687. The van der Waals surface area contributed by atoms with Crippen LogP contribution >= 0.6 is 0 Å². The average Bonchev–Trinajstić information content (AvgIpc) is 3.18. The Hall–Kier alpha value is -5.80. The molecule has 238 valence electrons. The Labute approximate surface area is 295 Å². The van der Waals surface area contributed by atoms with E-state index < -0.39 is 0 Å². The van der Waals surface area contributed by atoms with Crippen LogP contribution in [0, 0.1) is 0 Å². The van der Waals surface area contributed by atoms with Gasteiger partial charge in [-0.05, 0) is 81.5 Å². The molecule has 1 atom stereocenters. The number of fused-ring (bicyclic) bond motifs is 6. The summed E-state index contributed by atoms with van der Waals surface area (Å²) >= 11 is 0. The first kappa shape index (κ1) is 29.1. The molecule has 2 nitrogen and oxygen atoms in total. The van der Waals surface area contributed by atoms with Gasteiger partial charge in [-0.25, -0.2) is 0 Å². The number of hydrogen-bond acceptors (Lipinski definition) is 2. The number of anilines is 6. The molecule has 0 amide bonds. The molecule has 0 spiro atoms. The number of hydrogen-bond donors (Lipinski definition) is 0. The summed E-state index contributed by atoms with van der Waals surface area (Å²) in [6.45, 7) is 7.25. The van der Waals surface area contributed by atoms with Crippen molar-refractivity contribution in [2.24, 2.45) is 0 Å². The van der Waals surface area contributed by atoms with E-state index in [1.165, 1.54) is 78.3 Å². The van der Waals surface area contributed by atoms with Crippen molar-refractivity contribution in [1.29, 1.82) is 0 Å². The van der Waals surface area contributed by atoms with Crippen molar-refractivity contribution >= 4 is 57.2 Å². The number of benzene rings is 7. The van der Waals surface area contributed by atoms with Crippen LogP contribution in [0.25, 0.3) is 0 Å². The van der Waals surface area contributed by atoms with Gasteiger partial charge < -0.3 is 9.80 Å². The predicted molar refractivity (Wildman–Crippen MR) is 211 cm³/mol. The maximum atomic E-state index is 2.58. The van der Waals surface area contributed by atoms with E-state index in [2.05, 4.69) is 200 Å². The number of rotatable bonds is 4. The average molecular weight is 641 g/mol. The van der Waals surface area contributed by atoms with E-state index >= 15 is 0 Å². The van der Waals surface area contributed by atoms with Gasteiger partial charge in [-0.1, -0.05) is 153 Å². The lowest BCUT2D eigenvalue weighted by molar-refractivity contribution is 0.642. The second-order valence-electron chi connectivity index (χ2n) is 14.6. The van der Waals surface area contributed by atoms with Gasteiger partial charge in [0.05, 0.1) is 5.69 Å². The van der Waals surface area contributed by atoms with Gasteiger partial charge >= 0.3 is 0 Å². The van der Waals surface area contributed by atoms with Gasteiger partial charge in [-0.3, -0.25) is 0 Å². The molecule has 3 aliphatic heterocycles. The summed E-state index contributed by atoms with van der Waals surface area (Å²) in [7, 11) is 0. The van der Waals surface area contributed by atoms with Gasteiger partial charge in [0.2, 0.25) is 0 Å². The van der Waals surface area contributed by atoms with Crippen LogP contribution in [0.15, 0.2) is 170 Å². The zero-order valence-electron chi connectivity index (χ0n) is 28.6. The van der Waals surface area contributed by atoms with E-state index in [-0.39, 0.29) is 17.5 Å². The van der Waals surface area contributed by atoms with E-state index in [9.17, 15) is 0 Å². The minimum Gasteiger partial charge on any atom is -0.311 e. The molecule has 3 heteroatoms. The SMILES string of the molecule is CC(C)(c1ccccc1)c1cccc2c1N(c1ccccc1)c1cccc3c1B2c1cccc2c1N3c1ccccc1C2(C)c1ccccc1. The second kappa shape index (κ2) is 10.6. The normalized spacial score (nSPS) is 16.7. The summed E-state index contributed by atoms with van der Waals surface area (Å²) in [5, 5.41) is 0. The van der Waals surface area contributed by atoms with Crippen molar-refractivity contribution in [3.05, 3.63) is 198 Å². The monoisotopic (exact) mass is 640 g/mol. The van der Waals surface area contributed by atoms with Crippen LogP contribution in [0.3, 0.4) is 0 Å². The summed E-state index contributed by atoms with van der Waals surface area (Å²) in [6.07, 6.45) is 0. The third kappa shape index (κ3) is 3.81. The minimum atomic E-state index is -0.320. The Morgan fingerprint density at radius 1 is 0.480 bits per heavy atom. The molecular formula is C47H37BN2. The van der Waals surface area contributed by atoms with Crippen LogP contribution in [-0.4, -0.2) is 6.71 Å². The molecule has 7 aromatic carbocycles. The van der Waals surface area contributed by atoms with Crippen LogP contribution in [0.1, 0.15) is 48.6 Å². The molecule has 0 N–H and O–H groups in total. The molecule has 0 aliphatic carbocycles. The lowest BCUT2D eigenvalue weighted by atomic mass is 9.32. The van der Waals surface area contributed by atoms with Gasteiger partial charge in [0, 0.05) is 39.3 Å². The zero-order chi connectivity index (χ0) is 33.6. The maximum Gasteiger partial charge on any atom is 0.252 e. The highest BCUT2D eigenvalue weighted by molar-refractivity contribution is 7.00. The van der Waals surface area contributed by atoms with Crippen LogP contribution in [0.4, 0.5) is 34.1 Å². The quantitative estimate of drug-likeness (QED) is 0.177. The Morgan fingerprint density at radius 3 is 1.76 bits per heavy atom. The highest BCUT2D eigenvalue weighted by Crippen LogP contribution is 2.56. The van der Waals surface area contributed by atoms with Crippen molar-refractivity contribution in [3.63, 3.8) is 0 Å². The molecule has 3 aliphatic rings. The Kier molecular flexibility index (Phi) is 6.18. The smallest absolute Gasteiger partial charge is 0.252 e. The van der Waals surface area contributed by atoms with E-state index in [0.717, 1.165) is 0 Å². The first-order chi connectivity index (χ1) is 24.5. The highest BCUT2D eigenvalue weighted by atomic mass is 15.2. The van der Waals surface area contributed by atoms with Crippen molar-refractivity contribution in [1.82, 2.24) is 0 Å². The van der Waals surface area contributed by atoms with Gasteiger partial charge in [0.15, 0.2) is 0 Å². The topological polar surface area (TPSA) is 6.48 Å². The van der Waals surface area contributed by atoms with Gasteiger partial charge in [0.25, 0.3) is 6.71 Å². The summed E-state index contributed by atoms with van der Waals surface area (Å²) < 4.78 is 0. The summed E-state index contributed by atoms with van der Waals surface area (Å²) in [4.78, 5) is 5.12. The standard InChI is InChI=1S/C47H37BN2/c1-46(2,32-18-7-4-8-19-32)36-25-15-27-38-44(36)49(34-22-11-6-12-23-34)41-30-17-31-42-43(41)48(38)39-28-16-26-37-45(39)50(42)40-29-14-13-24-35(40)47(37,3)33-20-9-5-10-21-33/h4-31H,1-3H3. The molecule has 0 aromatic heterocycles. The molecule has 1 unspecified atom stereocenters. The summed E-state index contributed by atoms with van der Waals surface area (Å²) in [6, 6.07) is 63.1. The molecule has 0 radical (unpaired) electrons. The fourth-order valence-corrected chi connectivity index (χ4v) is 9.37. The van der Waals surface area contributed by atoms with Crippen LogP contribution < -0.4 is 26.2 Å². The van der Waals surface area contributed by atoms with E-state index in [1.807, 2.05) is 0 Å². The zero-order valence-corrected chi connectivity index (χ0v) is 28.6. The van der Waals surface area contributed by atoms with Crippen molar-refractivity contribution in [2.45, 2.75) is 31.6 Å². The third-order valence-electron chi connectivity index (χ3n) is 11.8. The molecule has 0 saturated heterocycles. The van der Waals surface area contributed by atoms with E-state index in [1.54, 1.807) is 0 Å². The lowest BCUT2D eigenvalue weighted by Crippen LogP contribution is -2.62. The number of nitrogens with zero attached hydrogens (tertiary/aromatic N) is 2. The van der Waals surface area contributed by atoms with E-state index in [0.29, 0.717) is 0 Å². The molecule has 50 heavy (non-hydrogen) atoms. The Bertz CT molecular complexity index is 2440. The highest BCUT2D eigenvalue weighted by Gasteiger charge is 2.50. The Morgan fingerprint density at radius 2 is 1.02 bits per heavy atom. The van der Waals surface area contributed by atoms with Gasteiger partial charge in [0.1, 0.15) is 0 Å². The first-order valence-electron chi connectivity index (χ1n) is 17.7. The summed E-state index contributed by atoms with van der Waals surface area (Å²) in [5.74, 6) is 0. The predicted octanol–water partition coefficient (Wildman–Crippen LogP) is 9.76. The molecule has 0 saturated carbocycles. The molecule has 10 rings (SSSR count). The van der Waals surface area contributed by atoms with Crippen molar-refractivity contribution in [3.8, 4) is 0 Å². The van der Waals surface area contributed by atoms with Gasteiger partial charge in [-0.15, -0.1) is 0 Å². The third-order valence-corrected chi connectivity index (χ3v) is 11.8. The lowest BCUT2D eigenvalue weighted by Gasteiger charge is -2.50. The Balaban J connectivity index is 1.32. The largest absolute Gasteiger partial charge is 0.311 e. The van der Waals surface area contributed by atoms with Crippen LogP contribution in [-0.2, 0) is 10.8 Å². The summed E-state index contributed by atoms with van der Waals surface area (Å²) in [5.41, 5.74) is 17.7. The number of para-hydroxylation sites is 4. The van der Waals surface area contributed by atoms with Crippen LogP contribution in [0.5, 0.6) is 0 Å². The van der Waals surface area contributed by atoms with Crippen molar-refractivity contribution in [2.75, 3.05) is 9.80 Å². The van der Waals surface area contributed by atoms with Crippen molar-refractivity contribution < 1.29 is 0 Å². The molecule has 3 heterocycles. The molecular weight excluding hydrogens is 603 g/mol. The fourth-order valence-electron chi connectivity index (χ4n) is 9.37. The first-order valence-corrected chi connectivity index (χ1v) is 17.7. The molecule has 0 bridgehead atoms. The molecule has 7 aromatic rings. The maximum absolute atomic E-state index is 2.58. The van der Waals surface area contributed by atoms with Gasteiger partial charge in [-0.2, -0.15) is 0 Å². The van der Waals surface area contributed by atoms with Crippen LogP contribution in [0.2, 0.25) is 0 Å².